The van der Waals surface area contributed by atoms with Crippen molar-refractivity contribution in [2.45, 2.75) is 50.9 Å². The molecule has 3 heterocycles. The van der Waals surface area contributed by atoms with Crippen LogP contribution in [0.2, 0.25) is 0 Å². The molecule has 0 radical (unpaired) electrons. The van der Waals surface area contributed by atoms with E-state index in [-0.39, 0.29) is 0 Å². The molecule has 2 aromatic carbocycles. The molecule has 3 aromatic rings. The Hall–Kier alpha value is -3.17. The summed E-state index contributed by atoms with van der Waals surface area (Å²) in [5.74, 6) is 0.0269. The molecule has 39 heavy (non-hydrogen) atoms. The van der Waals surface area contributed by atoms with E-state index in [2.05, 4.69) is 5.32 Å². The number of ether oxygens (including phenoxy) is 2. The van der Waals surface area contributed by atoms with E-state index in [1.54, 1.807) is 24.3 Å². The highest BCUT2D eigenvalue weighted by Gasteiger charge is 2.41. The SMILES string of the molecule is COC(=O)c1c(C[N+]2(C3CCNCC3)CCCCC2)c(-c2cccc(C(F)(F)F)c2)nc2cc(OC)ccc12. The van der Waals surface area contributed by atoms with Crippen LogP contribution in [0.3, 0.4) is 0 Å². The Balaban J connectivity index is 1.78. The van der Waals surface area contributed by atoms with E-state index in [4.69, 9.17) is 14.5 Å². The molecule has 2 fully saturated rings. The second-order valence-corrected chi connectivity index (χ2v) is 10.6. The van der Waals surface area contributed by atoms with Gasteiger partial charge in [-0.15, -0.1) is 0 Å². The van der Waals surface area contributed by atoms with Crippen LogP contribution in [0.5, 0.6) is 5.75 Å². The quantitative estimate of drug-likeness (QED) is 0.307. The van der Waals surface area contributed by atoms with Gasteiger partial charge in [0.2, 0.25) is 0 Å². The zero-order chi connectivity index (χ0) is 27.6. The normalized spacial score (nSPS) is 18.2. The largest absolute Gasteiger partial charge is 0.497 e. The zero-order valence-corrected chi connectivity index (χ0v) is 22.4. The maximum atomic E-state index is 13.8. The highest BCUT2D eigenvalue weighted by atomic mass is 19.4. The number of piperidine rings is 2. The van der Waals surface area contributed by atoms with E-state index in [0.29, 0.717) is 51.6 Å². The molecule has 9 heteroatoms. The smallest absolute Gasteiger partial charge is 0.416 e. The molecule has 0 saturated carbocycles. The standard InChI is InChI=1S/C30H35F3N3O3/c1-38-23-9-10-24-26(18-23)35-28(20-7-6-8-21(17-20)30(31,32)33)25(27(24)29(37)39-2)19-36(15-4-3-5-16-36)22-11-13-34-14-12-22/h6-10,17-18,22,34H,3-5,11-16,19H2,1-2H3/q+1. The van der Waals surface area contributed by atoms with Gasteiger partial charge in [0, 0.05) is 48.5 Å². The van der Waals surface area contributed by atoms with Crippen LogP contribution < -0.4 is 10.1 Å². The van der Waals surface area contributed by atoms with Gasteiger partial charge in [0.25, 0.3) is 0 Å². The third kappa shape index (κ3) is 5.47. The van der Waals surface area contributed by atoms with E-state index in [0.717, 1.165) is 74.9 Å². The van der Waals surface area contributed by atoms with E-state index >= 15 is 0 Å². The number of esters is 1. The Morgan fingerprint density at radius 1 is 1.05 bits per heavy atom. The van der Waals surface area contributed by atoms with Crippen LogP contribution in [0.25, 0.3) is 22.2 Å². The molecule has 2 aliphatic rings. The van der Waals surface area contributed by atoms with Crippen molar-refractivity contribution in [2.75, 3.05) is 40.4 Å². The topological polar surface area (TPSA) is 60.5 Å². The summed E-state index contributed by atoms with van der Waals surface area (Å²) in [7, 11) is 2.87. The number of alkyl halides is 3. The third-order valence-corrected chi connectivity index (χ3v) is 8.41. The number of carbonyl (C=O) groups excluding carboxylic acids is 1. The molecule has 0 amide bonds. The minimum absolute atomic E-state index is 0.329. The van der Waals surface area contributed by atoms with E-state index in [1.165, 1.54) is 20.3 Å². The summed E-state index contributed by atoms with van der Waals surface area (Å²) in [6.45, 7) is 4.31. The Morgan fingerprint density at radius 2 is 1.79 bits per heavy atom. The van der Waals surface area contributed by atoms with Gasteiger partial charge in [-0.2, -0.15) is 13.2 Å². The van der Waals surface area contributed by atoms with Crippen molar-refractivity contribution >= 4 is 16.9 Å². The van der Waals surface area contributed by atoms with Gasteiger partial charge in [0.15, 0.2) is 0 Å². The van der Waals surface area contributed by atoms with Crippen LogP contribution in [0.4, 0.5) is 13.2 Å². The van der Waals surface area contributed by atoms with Crippen molar-refractivity contribution in [2.24, 2.45) is 0 Å². The summed E-state index contributed by atoms with van der Waals surface area (Å²) < 4.78 is 52.7. The van der Waals surface area contributed by atoms with Gasteiger partial charge in [-0.05, 0) is 43.5 Å². The molecule has 2 saturated heterocycles. The van der Waals surface area contributed by atoms with E-state index in [1.807, 2.05) is 0 Å². The molecule has 0 spiro atoms. The summed E-state index contributed by atoms with van der Waals surface area (Å²) in [6, 6.07) is 10.9. The van der Waals surface area contributed by atoms with Crippen molar-refractivity contribution in [3.8, 4) is 17.0 Å². The Bertz CT molecular complexity index is 1350. The molecule has 2 aliphatic heterocycles. The Kier molecular flexibility index (Phi) is 7.82. The maximum absolute atomic E-state index is 13.8. The van der Waals surface area contributed by atoms with E-state index < -0.39 is 17.7 Å². The highest BCUT2D eigenvalue weighted by Crippen LogP contribution is 2.39. The fraction of sp³-hybridized carbons (Fsp3) is 0.467. The number of carbonyl (C=O) groups is 1. The lowest BCUT2D eigenvalue weighted by molar-refractivity contribution is -0.968. The first-order valence-corrected chi connectivity index (χ1v) is 13.6. The average molecular weight is 543 g/mol. The van der Waals surface area contributed by atoms with Crippen molar-refractivity contribution in [1.82, 2.24) is 10.3 Å². The van der Waals surface area contributed by atoms with Gasteiger partial charge in [0.05, 0.1) is 55.7 Å². The van der Waals surface area contributed by atoms with Gasteiger partial charge in [-0.1, -0.05) is 12.1 Å². The van der Waals surface area contributed by atoms with Crippen molar-refractivity contribution in [1.29, 1.82) is 0 Å². The number of pyridine rings is 1. The number of rotatable bonds is 6. The lowest BCUT2D eigenvalue weighted by Gasteiger charge is -2.49. The fourth-order valence-corrected chi connectivity index (χ4v) is 6.45. The third-order valence-electron chi connectivity index (χ3n) is 8.41. The van der Waals surface area contributed by atoms with Crippen LogP contribution in [-0.4, -0.2) is 61.9 Å². The Morgan fingerprint density at radius 3 is 2.46 bits per heavy atom. The van der Waals surface area contributed by atoms with Gasteiger partial charge in [-0.25, -0.2) is 9.78 Å². The summed E-state index contributed by atoms with van der Waals surface area (Å²) in [5, 5.41) is 4.06. The Labute approximate surface area is 226 Å². The predicted octanol–water partition coefficient (Wildman–Crippen LogP) is 5.97. The zero-order valence-electron chi connectivity index (χ0n) is 22.4. The number of aromatic nitrogens is 1. The average Bonchev–Trinajstić information content (AvgIpc) is 2.96. The van der Waals surface area contributed by atoms with Crippen molar-refractivity contribution < 1.29 is 31.9 Å². The molecule has 1 N–H and O–H groups in total. The van der Waals surface area contributed by atoms with Crippen molar-refractivity contribution in [3.63, 3.8) is 0 Å². The lowest BCUT2D eigenvalue weighted by Crippen LogP contribution is -2.60. The molecule has 0 atom stereocenters. The van der Waals surface area contributed by atoms with Crippen LogP contribution in [-0.2, 0) is 17.5 Å². The second kappa shape index (κ2) is 11.1. The van der Waals surface area contributed by atoms with Gasteiger partial charge in [0.1, 0.15) is 12.3 Å². The van der Waals surface area contributed by atoms with Crippen molar-refractivity contribution in [3.05, 3.63) is 59.2 Å². The minimum Gasteiger partial charge on any atom is -0.497 e. The summed E-state index contributed by atoms with van der Waals surface area (Å²) in [5.41, 5.74) is 1.46. The summed E-state index contributed by atoms with van der Waals surface area (Å²) in [4.78, 5) is 18.4. The molecule has 0 aliphatic carbocycles. The van der Waals surface area contributed by atoms with Crippen LogP contribution in [0.1, 0.15) is 53.6 Å². The number of benzene rings is 2. The first kappa shape index (κ1) is 27.4. The fourth-order valence-electron chi connectivity index (χ4n) is 6.45. The number of methoxy groups -OCH3 is 2. The number of hydrogen-bond acceptors (Lipinski definition) is 5. The molecule has 0 bridgehead atoms. The minimum atomic E-state index is -4.50. The number of fused-ring (bicyclic) bond motifs is 1. The number of nitrogens with zero attached hydrogens (tertiary/aromatic N) is 2. The number of quaternary nitrogens is 1. The molecule has 1 aromatic heterocycles. The number of halogens is 3. The number of nitrogens with one attached hydrogen (secondary N) is 1. The first-order valence-electron chi connectivity index (χ1n) is 13.6. The molecular weight excluding hydrogens is 507 g/mol. The van der Waals surface area contributed by atoms with Gasteiger partial charge >= 0.3 is 12.1 Å². The van der Waals surface area contributed by atoms with Crippen LogP contribution in [0.15, 0.2) is 42.5 Å². The summed E-state index contributed by atoms with van der Waals surface area (Å²) >= 11 is 0. The molecule has 208 valence electrons. The second-order valence-electron chi connectivity index (χ2n) is 10.6. The first-order chi connectivity index (χ1) is 18.8. The molecule has 5 rings (SSSR count). The lowest BCUT2D eigenvalue weighted by atomic mass is 9.90. The highest BCUT2D eigenvalue weighted by molar-refractivity contribution is 6.06. The number of hydrogen-bond donors (Lipinski definition) is 1. The number of likely N-dealkylation sites (tertiary alicyclic amines) is 1. The van der Waals surface area contributed by atoms with Crippen LogP contribution >= 0.6 is 0 Å². The summed E-state index contributed by atoms with van der Waals surface area (Å²) in [6.07, 6.45) is 0.848. The molecular formula is C30H35F3N3O3+. The molecule has 6 nitrogen and oxygen atoms in total. The molecule has 0 unspecified atom stereocenters. The van der Waals surface area contributed by atoms with Crippen LogP contribution in [0, 0.1) is 0 Å². The predicted molar refractivity (Wildman–Crippen MR) is 144 cm³/mol. The monoisotopic (exact) mass is 542 g/mol. The van der Waals surface area contributed by atoms with Gasteiger partial charge < -0.3 is 19.3 Å². The van der Waals surface area contributed by atoms with E-state index in [9.17, 15) is 18.0 Å². The maximum Gasteiger partial charge on any atom is 0.416 e. The van der Waals surface area contributed by atoms with Gasteiger partial charge in [-0.3, -0.25) is 0 Å².